The summed E-state index contributed by atoms with van der Waals surface area (Å²) in [5.41, 5.74) is 0. The first kappa shape index (κ1) is 38.8. The van der Waals surface area contributed by atoms with E-state index in [-0.39, 0.29) is 11.8 Å². The first-order chi connectivity index (χ1) is 19.4. The number of ether oxygens (including phenoxy) is 2. The van der Waals surface area contributed by atoms with Crippen molar-refractivity contribution < 1.29 is 39.5 Å². The van der Waals surface area contributed by atoms with Crippen molar-refractivity contribution in [3.8, 4) is 0 Å². The fourth-order valence-electron chi connectivity index (χ4n) is 5.13. The highest BCUT2D eigenvalue weighted by Crippen LogP contribution is 2.24. The summed E-state index contributed by atoms with van der Waals surface area (Å²) >= 11 is 0. The summed E-state index contributed by atoms with van der Waals surface area (Å²) in [7, 11) is 0. The molecule has 0 aliphatic carbocycles. The lowest BCUT2D eigenvalue weighted by atomic mass is 9.91. The minimum absolute atomic E-state index is 0.351. The summed E-state index contributed by atoms with van der Waals surface area (Å²) < 4.78 is 10.0. The van der Waals surface area contributed by atoms with Gasteiger partial charge in [-0.3, -0.25) is 9.59 Å². The number of hydrogen-bond acceptors (Lipinski definition) is 8. The highest BCUT2D eigenvalue weighted by Gasteiger charge is 2.24. The number of esters is 2. The van der Waals surface area contributed by atoms with Crippen LogP contribution in [-0.4, -0.2) is 58.2 Å². The Morgan fingerprint density at radius 1 is 0.475 bits per heavy atom. The smallest absolute Gasteiger partial charge is 0.311 e. The monoisotopic (exact) mass is 574 g/mol. The van der Waals surface area contributed by atoms with Crippen molar-refractivity contribution in [3.63, 3.8) is 0 Å². The van der Waals surface area contributed by atoms with E-state index in [2.05, 4.69) is 13.8 Å². The van der Waals surface area contributed by atoms with Crippen LogP contribution in [0, 0.1) is 11.8 Å². The predicted octanol–water partition coefficient (Wildman–Crippen LogP) is 6.55. The Morgan fingerprint density at radius 2 is 0.725 bits per heavy atom. The van der Waals surface area contributed by atoms with Gasteiger partial charge in [0.1, 0.15) is 13.2 Å². The highest BCUT2D eigenvalue weighted by atomic mass is 16.6. The van der Waals surface area contributed by atoms with Crippen LogP contribution in [0.3, 0.4) is 0 Å². The van der Waals surface area contributed by atoms with E-state index in [4.69, 9.17) is 19.7 Å². The molecule has 0 aliphatic rings. The summed E-state index contributed by atoms with van der Waals surface area (Å²) in [6.07, 6.45) is 19.7. The van der Waals surface area contributed by atoms with E-state index in [0.717, 1.165) is 51.4 Å². The van der Waals surface area contributed by atoms with E-state index in [9.17, 15) is 19.8 Å². The molecule has 0 saturated heterocycles. The standard InChI is InChI=1S/C32H62O8/c1-3-5-7-9-11-13-15-17-21-27(31(37)39-29(35)25-33)23-19-20-24-28(32(38)40-30(36)26-34)22-18-16-14-12-10-8-6-4-2/h27-30,33-36H,3-26H2,1-2H3. The largest absolute Gasteiger partial charge is 0.433 e. The van der Waals surface area contributed by atoms with Crippen LogP contribution in [0.5, 0.6) is 0 Å². The van der Waals surface area contributed by atoms with Crippen LogP contribution in [-0.2, 0) is 19.1 Å². The molecule has 0 bridgehead atoms. The zero-order valence-corrected chi connectivity index (χ0v) is 25.7. The second-order valence-corrected chi connectivity index (χ2v) is 11.4. The van der Waals surface area contributed by atoms with Gasteiger partial charge in [-0.2, -0.15) is 0 Å². The number of hydrogen-bond donors (Lipinski definition) is 4. The lowest BCUT2D eigenvalue weighted by Gasteiger charge is -2.20. The van der Waals surface area contributed by atoms with Crippen LogP contribution in [0.1, 0.15) is 155 Å². The van der Waals surface area contributed by atoms with Crippen molar-refractivity contribution in [2.24, 2.45) is 11.8 Å². The molecule has 40 heavy (non-hydrogen) atoms. The first-order valence-corrected chi connectivity index (χ1v) is 16.4. The van der Waals surface area contributed by atoms with Crippen LogP contribution >= 0.6 is 0 Å². The second-order valence-electron chi connectivity index (χ2n) is 11.4. The molecule has 0 saturated carbocycles. The Morgan fingerprint density at radius 3 is 1.00 bits per heavy atom. The molecule has 4 atom stereocenters. The molecule has 0 amide bonds. The molecular weight excluding hydrogens is 512 g/mol. The van der Waals surface area contributed by atoms with E-state index >= 15 is 0 Å². The highest BCUT2D eigenvalue weighted by molar-refractivity contribution is 5.73. The third-order valence-corrected chi connectivity index (χ3v) is 7.65. The Kier molecular flexibility index (Phi) is 27.1. The van der Waals surface area contributed by atoms with Crippen molar-refractivity contribution in [2.75, 3.05) is 13.2 Å². The van der Waals surface area contributed by atoms with Crippen molar-refractivity contribution in [1.82, 2.24) is 0 Å². The summed E-state index contributed by atoms with van der Waals surface area (Å²) in [5, 5.41) is 37.3. The molecule has 4 unspecified atom stereocenters. The molecule has 0 aromatic rings. The quantitative estimate of drug-likeness (QED) is 0.0449. The second kappa shape index (κ2) is 27.9. The number of carbonyl (C=O) groups excluding carboxylic acids is 2. The maximum atomic E-state index is 12.6. The zero-order valence-electron chi connectivity index (χ0n) is 25.7. The normalized spacial score (nSPS) is 14.4. The van der Waals surface area contributed by atoms with Gasteiger partial charge in [-0.1, -0.05) is 129 Å². The molecule has 0 aromatic carbocycles. The predicted molar refractivity (Wildman–Crippen MR) is 158 cm³/mol. The van der Waals surface area contributed by atoms with E-state index in [1.807, 2.05) is 0 Å². The molecule has 0 fully saturated rings. The third-order valence-electron chi connectivity index (χ3n) is 7.65. The summed E-state index contributed by atoms with van der Waals surface area (Å²) in [6.45, 7) is 3.16. The maximum absolute atomic E-state index is 12.6. The van der Waals surface area contributed by atoms with E-state index in [0.29, 0.717) is 25.7 Å². The van der Waals surface area contributed by atoms with Gasteiger partial charge in [-0.25, -0.2) is 0 Å². The average molecular weight is 575 g/mol. The van der Waals surface area contributed by atoms with Gasteiger partial charge in [-0.15, -0.1) is 0 Å². The fourth-order valence-corrected chi connectivity index (χ4v) is 5.13. The number of rotatable bonds is 29. The van der Waals surface area contributed by atoms with Crippen LogP contribution < -0.4 is 0 Å². The van der Waals surface area contributed by atoms with E-state index < -0.39 is 37.7 Å². The number of carbonyl (C=O) groups is 2. The van der Waals surface area contributed by atoms with Gasteiger partial charge in [0.2, 0.25) is 12.6 Å². The van der Waals surface area contributed by atoms with Gasteiger partial charge in [0, 0.05) is 0 Å². The van der Waals surface area contributed by atoms with Gasteiger partial charge in [0.25, 0.3) is 0 Å². The molecular formula is C32H62O8. The number of aliphatic hydroxyl groups is 4. The number of aliphatic hydroxyl groups excluding tert-OH is 4. The molecule has 8 heteroatoms. The SMILES string of the molecule is CCCCCCCCCCC(CCCCC(CCCCCCCCCC)C(=O)OC(O)CO)C(=O)OC(O)CO. The van der Waals surface area contributed by atoms with E-state index in [1.54, 1.807) is 0 Å². The lowest BCUT2D eigenvalue weighted by molar-refractivity contribution is -0.180. The summed E-state index contributed by atoms with van der Waals surface area (Å²) in [6, 6.07) is 0. The minimum Gasteiger partial charge on any atom is -0.433 e. The molecule has 238 valence electrons. The molecule has 0 rings (SSSR count). The minimum atomic E-state index is -1.50. The molecule has 0 heterocycles. The molecule has 4 N–H and O–H groups in total. The Labute approximate surface area is 244 Å². The van der Waals surface area contributed by atoms with Crippen LogP contribution in [0.2, 0.25) is 0 Å². The van der Waals surface area contributed by atoms with Gasteiger partial charge < -0.3 is 29.9 Å². The first-order valence-electron chi connectivity index (χ1n) is 16.4. The van der Waals surface area contributed by atoms with Crippen LogP contribution in [0.4, 0.5) is 0 Å². The van der Waals surface area contributed by atoms with Crippen molar-refractivity contribution >= 4 is 11.9 Å². The van der Waals surface area contributed by atoms with Crippen molar-refractivity contribution in [2.45, 2.75) is 168 Å². The fraction of sp³-hybridized carbons (Fsp3) is 0.938. The Bertz CT molecular complexity index is 535. The molecule has 0 radical (unpaired) electrons. The molecule has 0 spiro atoms. The molecule has 0 aliphatic heterocycles. The lowest BCUT2D eigenvalue weighted by Crippen LogP contribution is -2.27. The van der Waals surface area contributed by atoms with Gasteiger partial charge in [0.05, 0.1) is 11.8 Å². The third kappa shape index (κ3) is 22.5. The molecule has 8 nitrogen and oxygen atoms in total. The molecule has 0 aromatic heterocycles. The summed E-state index contributed by atoms with van der Waals surface area (Å²) in [5.74, 6) is -1.66. The maximum Gasteiger partial charge on any atom is 0.311 e. The average Bonchev–Trinajstić information content (AvgIpc) is 2.95. The van der Waals surface area contributed by atoms with Crippen LogP contribution in [0.25, 0.3) is 0 Å². The number of unbranched alkanes of at least 4 members (excludes halogenated alkanes) is 15. The topological polar surface area (TPSA) is 134 Å². The summed E-state index contributed by atoms with van der Waals surface area (Å²) in [4.78, 5) is 25.2. The zero-order chi connectivity index (χ0) is 29.8. The Hall–Kier alpha value is -1.22. The van der Waals surface area contributed by atoms with Gasteiger partial charge >= 0.3 is 11.9 Å². The van der Waals surface area contributed by atoms with Crippen molar-refractivity contribution in [1.29, 1.82) is 0 Å². The van der Waals surface area contributed by atoms with Gasteiger partial charge in [-0.05, 0) is 25.7 Å². The van der Waals surface area contributed by atoms with Crippen LogP contribution in [0.15, 0.2) is 0 Å². The van der Waals surface area contributed by atoms with Crippen molar-refractivity contribution in [3.05, 3.63) is 0 Å². The van der Waals surface area contributed by atoms with E-state index in [1.165, 1.54) is 64.2 Å². The Balaban J connectivity index is 4.66. The van der Waals surface area contributed by atoms with Gasteiger partial charge in [0.15, 0.2) is 0 Å².